The molecule has 0 spiro atoms. The Bertz CT molecular complexity index is 676. The molecule has 0 aliphatic heterocycles. The Labute approximate surface area is 143 Å². The average molecular weight is 325 g/mol. The van der Waals surface area contributed by atoms with Gasteiger partial charge in [0.05, 0.1) is 12.7 Å². The van der Waals surface area contributed by atoms with Gasteiger partial charge in [-0.15, -0.1) is 0 Å². The van der Waals surface area contributed by atoms with Crippen LogP contribution >= 0.6 is 0 Å². The van der Waals surface area contributed by atoms with E-state index in [1.165, 1.54) is 0 Å². The lowest BCUT2D eigenvalue weighted by Crippen LogP contribution is -2.20. The van der Waals surface area contributed by atoms with Gasteiger partial charge in [-0.3, -0.25) is 0 Å². The molecule has 0 bridgehead atoms. The van der Waals surface area contributed by atoms with Crippen molar-refractivity contribution in [2.45, 2.75) is 0 Å². The molecule has 2 aromatic carbocycles. The quantitative estimate of drug-likeness (QED) is 0.445. The van der Waals surface area contributed by atoms with Crippen molar-refractivity contribution in [3.05, 3.63) is 65.7 Å². The van der Waals surface area contributed by atoms with Gasteiger partial charge in [0.1, 0.15) is 12.4 Å². The maximum absolute atomic E-state index is 12.5. The van der Waals surface area contributed by atoms with Crippen LogP contribution in [-0.4, -0.2) is 45.2 Å². The number of benzene rings is 2. The molecule has 0 N–H and O–H groups in total. The predicted octanol–water partition coefficient (Wildman–Crippen LogP) is 3.34. The largest absolute Gasteiger partial charge is 0.497 e. The van der Waals surface area contributed by atoms with Crippen molar-refractivity contribution in [3.8, 4) is 5.75 Å². The number of carbonyl (C=O) groups excluding carboxylic acids is 1. The van der Waals surface area contributed by atoms with E-state index in [9.17, 15) is 4.79 Å². The highest BCUT2D eigenvalue weighted by atomic mass is 16.5. The Hall–Kier alpha value is -2.59. The number of likely N-dealkylation sites (N-methyl/N-ethyl adjacent to an activating group) is 1. The molecule has 0 amide bonds. The summed E-state index contributed by atoms with van der Waals surface area (Å²) in [6.45, 7) is 1.05. The first-order chi connectivity index (χ1) is 11.6. The summed E-state index contributed by atoms with van der Waals surface area (Å²) in [5.74, 6) is 0.459. The van der Waals surface area contributed by atoms with Gasteiger partial charge in [0.2, 0.25) is 0 Å². The first kappa shape index (κ1) is 17.8. The Morgan fingerprint density at radius 2 is 1.71 bits per heavy atom. The van der Waals surface area contributed by atoms with Gasteiger partial charge in [-0.2, -0.15) is 0 Å². The van der Waals surface area contributed by atoms with E-state index in [0.717, 1.165) is 16.9 Å². The van der Waals surface area contributed by atoms with Crippen LogP contribution in [0.2, 0.25) is 0 Å². The number of methoxy groups -OCH3 is 1. The Morgan fingerprint density at radius 1 is 1.04 bits per heavy atom. The van der Waals surface area contributed by atoms with Crippen LogP contribution in [0, 0.1) is 0 Å². The lowest BCUT2D eigenvalue weighted by Gasteiger charge is -2.12. The number of hydrogen-bond donors (Lipinski definition) is 0. The minimum atomic E-state index is -0.320. The molecule has 2 rings (SSSR count). The van der Waals surface area contributed by atoms with Crippen LogP contribution in [-0.2, 0) is 9.53 Å². The maximum Gasteiger partial charge on any atom is 0.338 e. The van der Waals surface area contributed by atoms with E-state index in [-0.39, 0.29) is 5.97 Å². The van der Waals surface area contributed by atoms with Crippen molar-refractivity contribution in [3.63, 3.8) is 0 Å². The number of carbonyl (C=O) groups is 1. The van der Waals surface area contributed by atoms with E-state index >= 15 is 0 Å². The fourth-order valence-electron chi connectivity index (χ4n) is 2.14. The fraction of sp³-hybridized carbons (Fsp3) is 0.250. The molecular weight excluding hydrogens is 302 g/mol. The zero-order valence-corrected chi connectivity index (χ0v) is 14.4. The molecule has 0 unspecified atom stereocenters. The summed E-state index contributed by atoms with van der Waals surface area (Å²) >= 11 is 0. The van der Waals surface area contributed by atoms with Crippen molar-refractivity contribution >= 4 is 17.6 Å². The number of ether oxygens (including phenoxy) is 2. The van der Waals surface area contributed by atoms with E-state index in [2.05, 4.69) is 0 Å². The molecule has 126 valence electrons. The highest BCUT2D eigenvalue weighted by molar-refractivity contribution is 6.21. The maximum atomic E-state index is 12.5. The van der Waals surface area contributed by atoms with E-state index in [4.69, 9.17) is 9.47 Å². The number of nitrogens with zero attached hydrogens (tertiary/aromatic N) is 1. The molecule has 0 saturated heterocycles. The number of rotatable bonds is 7. The third kappa shape index (κ3) is 5.25. The molecular formula is C20H23NO3. The first-order valence-corrected chi connectivity index (χ1v) is 7.83. The van der Waals surface area contributed by atoms with Gasteiger partial charge in [-0.25, -0.2) is 4.79 Å². The van der Waals surface area contributed by atoms with Crippen LogP contribution in [0.4, 0.5) is 0 Å². The van der Waals surface area contributed by atoms with Crippen LogP contribution in [0.3, 0.4) is 0 Å². The molecule has 0 aliphatic rings. The Morgan fingerprint density at radius 3 is 2.29 bits per heavy atom. The Balaban J connectivity index is 2.25. The summed E-state index contributed by atoms with van der Waals surface area (Å²) < 4.78 is 10.6. The summed E-state index contributed by atoms with van der Waals surface area (Å²) in [4.78, 5) is 14.5. The highest BCUT2D eigenvalue weighted by Crippen LogP contribution is 2.21. The third-order valence-corrected chi connectivity index (χ3v) is 3.50. The third-order valence-electron chi connectivity index (χ3n) is 3.50. The Kier molecular flexibility index (Phi) is 6.58. The second-order valence-electron chi connectivity index (χ2n) is 5.64. The van der Waals surface area contributed by atoms with E-state index in [1.807, 2.05) is 79.7 Å². The fourth-order valence-corrected chi connectivity index (χ4v) is 2.14. The van der Waals surface area contributed by atoms with E-state index < -0.39 is 0 Å². The van der Waals surface area contributed by atoms with Gasteiger partial charge >= 0.3 is 5.97 Å². The van der Waals surface area contributed by atoms with Crippen molar-refractivity contribution in [1.82, 2.24) is 4.90 Å². The smallest absolute Gasteiger partial charge is 0.338 e. The zero-order valence-electron chi connectivity index (χ0n) is 14.4. The second kappa shape index (κ2) is 8.89. The molecule has 0 saturated carbocycles. The standard InChI is InChI=1S/C20H23NO3/c1-21(2)13-14-24-20(22)19(17-7-5-4-6-8-17)15-16-9-11-18(23-3)12-10-16/h4-12,15H,13-14H2,1-3H3. The van der Waals surface area contributed by atoms with E-state index in [0.29, 0.717) is 18.7 Å². The lowest BCUT2D eigenvalue weighted by atomic mass is 10.0. The second-order valence-corrected chi connectivity index (χ2v) is 5.64. The number of hydrogen-bond acceptors (Lipinski definition) is 4. The van der Waals surface area contributed by atoms with Gasteiger partial charge < -0.3 is 14.4 Å². The van der Waals surface area contributed by atoms with Crippen LogP contribution < -0.4 is 4.74 Å². The van der Waals surface area contributed by atoms with Crippen molar-refractivity contribution in [2.24, 2.45) is 0 Å². The molecule has 0 atom stereocenters. The normalized spacial score (nSPS) is 11.4. The first-order valence-electron chi connectivity index (χ1n) is 7.83. The minimum absolute atomic E-state index is 0.320. The van der Waals surface area contributed by atoms with Crippen molar-refractivity contribution in [2.75, 3.05) is 34.4 Å². The summed E-state index contributed by atoms with van der Waals surface area (Å²) in [7, 11) is 5.51. The average Bonchev–Trinajstić information content (AvgIpc) is 2.60. The summed E-state index contributed by atoms with van der Waals surface area (Å²) in [5, 5.41) is 0. The molecule has 0 radical (unpaired) electrons. The summed E-state index contributed by atoms with van der Waals surface area (Å²) in [5.41, 5.74) is 2.29. The molecule has 0 heterocycles. The van der Waals surface area contributed by atoms with Crippen molar-refractivity contribution in [1.29, 1.82) is 0 Å². The molecule has 0 aromatic heterocycles. The zero-order chi connectivity index (χ0) is 17.4. The van der Waals surface area contributed by atoms with Gasteiger partial charge in [0, 0.05) is 6.54 Å². The van der Waals surface area contributed by atoms with Crippen LogP contribution in [0.15, 0.2) is 54.6 Å². The van der Waals surface area contributed by atoms with Gasteiger partial charge in [-0.05, 0) is 43.4 Å². The number of esters is 1. The van der Waals surface area contributed by atoms with Crippen LogP contribution in [0.1, 0.15) is 11.1 Å². The van der Waals surface area contributed by atoms with Gasteiger partial charge in [0.25, 0.3) is 0 Å². The molecule has 24 heavy (non-hydrogen) atoms. The molecule has 0 aliphatic carbocycles. The summed E-state index contributed by atoms with van der Waals surface area (Å²) in [6, 6.07) is 17.1. The SMILES string of the molecule is COc1ccc(C=C(C(=O)OCCN(C)C)c2ccccc2)cc1. The monoisotopic (exact) mass is 325 g/mol. The minimum Gasteiger partial charge on any atom is -0.497 e. The highest BCUT2D eigenvalue weighted by Gasteiger charge is 2.13. The molecule has 4 nitrogen and oxygen atoms in total. The van der Waals surface area contributed by atoms with Gasteiger partial charge in [0.15, 0.2) is 0 Å². The molecule has 4 heteroatoms. The van der Waals surface area contributed by atoms with Crippen molar-refractivity contribution < 1.29 is 14.3 Å². The lowest BCUT2D eigenvalue weighted by molar-refractivity contribution is -0.136. The predicted molar refractivity (Wildman–Crippen MR) is 96.8 cm³/mol. The topological polar surface area (TPSA) is 38.8 Å². The van der Waals surface area contributed by atoms with Crippen LogP contribution in [0.5, 0.6) is 5.75 Å². The van der Waals surface area contributed by atoms with Crippen LogP contribution in [0.25, 0.3) is 11.6 Å². The molecule has 2 aromatic rings. The summed E-state index contributed by atoms with van der Waals surface area (Å²) in [6.07, 6.45) is 1.84. The molecule has 0 fully saturated rings. The van der Waals surface area contributed by atoms with E-state index in [1.54, 1.807) is 7.11 Å². The van der Waals surface area contributed by atoms with Gasteiger partial charge in [-0.1, -0.05) is 42.5 Å².